The van der Waals surface area contributed by atoms with E-state index in [4.69, 9.17) is 11.6 Å². The summed E-state index contributed by atoms with van der Waals surface area (Å²) in [6.07, 6.45) is 5.12. The first kappa shape index (κ1) is 9.28. The Morgan fingerprint density at radius 1 is 1.54 bits per heavy atom. The topological polar surface area (TPSA) is 24.9 Å². The molecule has 13 heavy (non-hydrogen) atoms. The van der Waals surface area contributed by atoms with Gasteiger partial charge in [0.15, 0.2) is 5.13 Å². The molecule has 0 radical (unpaired) electrons. The summed E-state index contributed by atoms with van der Waals surface area (Å²) in [5, 5.41) is 6.87. The second-order valence-electron chi connectivity index (χ2n) is 3.87. The van der Waals surface area contributed by atoms with Gasteiger partial charge in [-0.1, -0.05) is 24.4 Å². The lowest BCUT2D eigenvalue weighted by molar-refractivity contribution is 0.533. The summed E-state index contributed by atoms with van der Waals surface area (Å²) in [7, 11) is 0. The van der Waals surface area contributed by atoms with Crippen molar-refractivity contribution in [2.24, 2.45) is 0 Å². The van der Waals surface area contributed by atoms with Crippen molar-refractivity contribution in [1.82, 2.24) is 4.98 Å². The van der Waals surface area contributed by atoms with Gasteiger partial charge < -0.3 is 5.32 Å². The molecule has 0 bridgehead atoms. The average Bonchev–Trinajstić information content (AvgIpc) is 2.62. The molecular weight excluding hydrogens is 204 g/mol. The number of halogens is 1. The summed E-state index contributed by atoms with van der Waals surface area (Å²) in [5.74, 6) is 0. The Morgan fingerprint density at radius 3 is 2.77 bits per heavy atom. The molecule has 1 aliphatic carbocycles. The van der Waals surface area contributed by atoms with Gasteiger partial charge in [-0.2, -0.15) is 0 Å². The molecular formula is C9H13ClN2S. The Morgan fingerprint density at radius 2 is 2.23 bits per heavy atom. The van der Waals surface area contributed by atoms with Crippen LogP contribution >= 0.6 is 22.9 Å². The molecule has 0 unspecified atom stereocenters. The maximum absolute atomic E-state index is 5.75. The van der Waals surface area contributed by atoms with Gasteiger partial charge in [0, 0.05) is 10.9 Å². The molecule has 1 aromatic heterocycles. The monoisotopic (exact) mass is 216 g/mol. The number of nitrogens with zero attached hydrogens (tertiary/aromatic N) is 1. The predicted molar refractivity (Wildman–Crippen MR) is 57.6 cm³/mol. The number of hydrogen-bond donors (Lipinski definition) is 1. The summed E-state index contributed by atoms with van der Waals surface area (Å²) >= 11 is 7.33. The van der Waals surface area contributed by atoms with Crippen molar-refractivity contribution in [3.63, 3.8) is 0 Å². The summed E-state index contributed by atoms with van der Waals surface area (Å²) in [6, 6.07) is 0. The lowest BCUT2D eigenvalue weighted by Gasteiger charge is -2.24. The highest BCUT2D eigenvalue weighted by Crippen LogP contribution is 2.33. The zero-order valence-electron chi connectivity index (χ0n) is 7.64. The van der Waals surface area contributed by atoms with Crippen molar-refractivity contribution in [2.75, 3.05) is 5.32 Å². The van der Waals surface area contributed by atoms with E-state index in [0.29, 0.717) is 5.15 Å². The van der Waals surface area contributed by atoms with Gasteiger partial charge in [-0.15, -0.1) is 11.3 Å². The summed E-state index contributed by atoms with van der Waals surface area (Å²) in [5.41, 5.74) is 0.251. The molecule has 0 spiro atoms. The number of nitrogens with one attached hydrogen (secondary N) is 1. The van der Waals surface area contributed by atoms with E-state index < -0.39 is 0 Å². The van der Waals surface area contributed by atoms with Crippen LogP contribution in [-0.2, 0) is 0 Å². The lowest BCUT2D eigenvalue weighted by atomic mass is 10.0. The summed E-state index contributed by atoms with van der Waals surface area (Å²) < 4.78 is 0. The number of rotatable bonds is 2. The van der Waals surface area contributed by atoms with Crippen LogP contribution in [0.2, 0.25) is 5.15 Å². The first-order chi connectivity index (χ1) is 6.18. The van der Waals surface area contributed by atoms with Crippen molar-refractivity contribution >= 4 is 28.1 Å². The second-order valence-corrected chi connectivity index (χ2v) is 5.11. The molecule has 72 valence electrons. The molecule has 0 atom stereocenters. The quantitative estimate of drug-likeness (QED) is 0.818. The third-order valence-corrected chi connectivity index (χ3v) is 3.67. The van der Waals surface area contributed by atoms with E-state index in [1.165, 1.54) is 25.7 Å². The van der Waals surface area contributed by atoms with Gasteiger partial charge in [0.25, 0.3) is 0 Å². The molecule has 1 aliphatic rings. The van der Waals surface area contributed by atoms with Crippen LogP contribution in [0.3, 0.4) is 0 Å². The standard InChI is InChI=1S/C9H13ClN2S/c1-9(4-2-3-5-9)12-8-11-7(10)6-13-8/h6H,2-5H2,1H3,(H,11,12). The maximum atomic E-state index is 5.75. The molecule has 0 saturated heterocycles. The van der Waals surface area contributed by atoms with Crippen LogP contribution in [0.5, 0.6) is 0 Å². The Labute approximate surface area is 87.3 Å². The van der Waals surface area contributed by atoms with Crippen LogP contribution in [0, 0.1) is 0 Å². The molecule has 1 fully saturated rings. The number of anilines is 1. The Hall–Kier alpha value is -0.280. The third kappa shape index (κ3) is 2.15. The fourth-order valence-corrected chi connectivity index (χ4v) is 2.84. The molecule has 1 heterocycles. The SMILES string of the molecule is CC1(Nc2nc(Cl)cs2)CCCC1. The zero-order valence-corrected chi connectivity index (χ0v) is 9.21. The van der Waals surface area contributed by atoms with E-state index >= 15 is 0 Å². The summed E-state index contributed by atoms with van der Waals surface area (Å²) in [4.78, 5) is 4.19. The van der Waals surface area contributed by atoms with Crippen molar-refractivity contribution in [3.8, 4) is 0 Å². The zero-order chi connectivity index (χ0) is 9.31. The first-order valence-electron chi connectivity index (χ1n) is 4.57. The van der Waals surface area contributed by atoms with Gasteiger partial charge in [-0.25, -0.2) is 4.98 Å². The maximum Gasteiger partial charge on any atom is 0.184 e. The fraction of sp³-hybridized carbons (Fsp3) is 0.667. The molecule has 4 heteroatoms. The van der Waals surface area contributed by atoms with E-state index in [1.54, 1.807) is 11.3 Å². The van der Waals surface area contributed by atoms with E-state index in [0.717, 1.165) is 5.13 Å². The highest BCUT2D eigenvalue weighted by atomic mass is 35.5. The van der Waals surface area contributed by atoms with Crippen molar-refractivity contribution < 1.29 is 0 Å². The minimum Gasteiger partial charge on any atom is -0.356 e. The molecule has 1 aromatic rings. The Kier molecular flexibility index (Phi) is 2.47. The van der Waals surface area contributed by atoms with Crippen LogP contribution in [-0.4, -0.2) is 10.5 Å². The van der Waals surface area contributed by atoms with Crippen LogP contribution in [0.15, 0.2) is 5.38 Å². The average molecular weight is 217 g/mol. The summed E-state index contributed by atoms with van der Waals surface area (Å²) in [6.45, 7) is 2.26. The Balaban J connectivity index is 2.04. The van der Waals surface area contributed by atoms with E-state index in [-0.39, 0.29) is 5.54 Å². The van der Waals surface area contributed by atoms with Crippen molar-refractivity contribution in [2.45, 2.75) is 38.1 Å². The molecule has 2 nitrogen and oxygen atoms in total. The van der Waals surface area contributed by atoms with E-state index in [2.05, 4.69) is 17.2 Å². The largest absolute Gasteiger partial charge is 0.356 e. The number of aromatic nitrogens is 1. The second kappa shape index (κ2) is 3.46. The number of hydrogen-bond acceptors (Lipinski definition) is 3. The van der Waals surface area contributed by atoms with Gasteiger partial charge in [0.05, 0.1) is 0 Å². The molecule has 0 amide bonds. The predicted octanol–water partition coefficient (Wildman–Crippen LogP) is 3.54. The van der Waals surface area contributed by atoms with E-state index in [9.17, 15) is 0 Å². The normalized spacial score (nSPS) is 20.5. The molecule has 1 N–H and O–H groups in total. The minimum atomic E-state index is 0.251. The van der Waals surface area contributed by atoms with Crippen LogP contribution in [0.1, 0.15) is 32.6 Å². The molecule has 0 aromatic carbocycles. The first-order valence-corrected chi connectivity index (χ1v) is 5.83. The number of thiazole rings is 1. The minimum absolute atomic E-state index is 0.251. The lowest BCUT2D eigenvalue weighted by Crippen LogP contribution is -2.30. The highest BCUT2D eigenvalue weighted by molar-refractivity contribution is 7.14. The Bertz CT molecular complexity index is 292. The van der Waals surface area contributed by atoms with Gasteiger partial charge in [0.1, 0.15) is 5.15 Å². The highest BCUT2D eigenvalue weighted by Gasteiger charge is 2.28. The molecule has 0 aliphatic heterocycles. The van der Waals surface area contributed by atoms with E-state index in [1.807, 2.05) is 5.38 Å². The van der Waals surface area contributed by atoms with Crippen molar-refractivity contribution in [3.05, 3.63) is 10.5 Å². The van der Waals surface area contributed by atoms with Gasteiger partial charge in [-0.3, -0.25) is 0 Å². The van der Waals surface area contributed by atoms with Gasteiger partial charge >= 0.3 is 0 Å². The third-order valence-electron chi connectivity index (χ3n) is 2.59. The van der Waals surface area contributed by atoms with Gasteiger partial charge in [-0.05, 0) is 19.8 Å². The fourth-order valence-electron chi connectivity index (χ4n) is 1.85. The van der Waals surface area contributed by atoms with Crippen molar-refractivity contribution in [1.29, 1.82) is 0 Å². The van der Waals surface area contributed by atoms with Crippen LogP contribution in [0.25, 0.3) is 0 Å². The van der Waals surface area contributed by atoms with Gasteiger partial charge in [0.2, 0.25) is 0 Å². The molecule has 1 saturated carbocycles. The molecule has 2 rings (SSSR count). The van der Waals surface area contributed by atoms with Crippen LogP contribution < -0.4 is 5.32 Å². The smallest absolute Gasteiger partial charge is 0.184 e. The van der Waals surface area contributed by atoms with Crippen LogP contribution in [0.4, 0.5) is 5.13 Å².